The molecule has 5 nitrogen and oxygen atoms in total. The van der Waals surface area contributed by atoms with Crippen molar-refractivity contribution in [3.05, 3.63) is 45.5 Å². The fraction of sp³-hybridized carbons (Fsp3) is 0.429. The van der Waals surface area contributed by atoms with Crippen molar-refractivity contribution >= 4 is 28.6 Å². The maximum atomic E-state index is 15.2. The van der Waals surface area contributed by atoms with Crippen LogP contribution in [0, 0.1) is 5.82 Å². The van der Waals surface area contributed by atoms with Gasteiger partial charge in [-0.25, -0.2) is 9.18 Å². The molecule has 0 spiro atoms. The number of pyridine rings is 1. The maximum Gasteiger partial charge on any atom is 0.341 e. The highest BCUT2D eigenvalue weighted by molar-refractivity contribution is 5.98. The number of nitrogens with zero attached hydrogens (tertiary/aromatic N) is 2. The van der Waals surface area contributed by atoms with Crippen LogP contribution in [0.25, 0.3) is 17.0 Å². The molecule has 1 aromatic carbocycles. The molecule has 6 heteroatoms. The Labute approximate surface area is 155 Å². The number of carboxylic acids is 1. The molecular formula is C21H21FN2O3. The second-order valence-electron chi connectivity index (χ2n) is 7.80. The molecule has 1 N–H and O–H groups in total. The predicted octanol–water partition coefficient (Wildman–Crippen LogP) is 3.95. The average Bonchev–Trinajstić information content (AvgIpc) is 3.36. The van der Waals surface area contributed by atoms with Crippen molar-refractivity contribution in [1.29, 1.82) is 0 Å². The summed E-state index contributed by atoms with van der Waals surface area (Å²) < 4.78 is 17.1. The molecule has 5 rings (SSSR count). The van der Waals surface area contributed by atoms with Crippen LogP contribution in [0.2, 0.25) is 0 Å². The van der Waals surface area contributed by atoms with Crippen LogP contribution < -0.4 is 10.3 Å². The number of aromatic carboxylic acids is 1. The van der Waals surface area contributed by atoms with E-state index in [4.69, 9.17) is 0 Å². The van der Waals surface area contributed by atoms with Crippen molar-refractivity contribution in [3.8, 4) is 0 Å². The van der Waals surface area contributed by atoms with Gasteiger partial charge >= 0.3 is 5.97 Å². The summed E-state index contributed by atoms with van der Waals surface area (Å²) in [7, 11) is 0. The summed E-state index contributed by atoms with van der Waals surface area (Å²) in [5.74, 6) is -1.70. The minimum Gasteiger partial charge on any atom is -0.477 e. The molecular weight excluding hydrogens is 347 g/mol. The van der Waals surface area contributed by atoms with Gasteiger partial charge in [0.05, 0.1) is 16.6 Å². The molecule has 0 amide bonds. The van der Waals surface area contributed by atoms with E-state index in [9.17, 15) is 14.7 Å². The van der Waals surface area contributed by atoms with Crippen LogP contribution in [-0.4, -0.2) is 28.2 Å². The number of hydrogen-bond donors (Lipinski definition) is 1. The Bertz CT molecular complexity index is 1050. The Morgan fingerprint density at radius 3 is 2.74 bits per heavy atom. The van der Waals surface area contributed by atoms with Crippen LogP contribution in [0.4, 0.5) is 10.1 Å². The van der Waals surface area contributed by atoms with Crippen LogP contribution in [-0.2, 0) is 0 Å². The normalized spacial score (nSPS) is 21.7. The van der Waals surface area contributed by atoms with Gasteiger partial charge in [0.1, 0.15) is 11.4 Å². The molecule has 2 aliphatic heterocycles. The highest BCUT2D eigenvalue weighted by Gasteiger charge is 2.33. The summed E-state index contributed by atoms with van der Waals surface area (Å²) in [5, 5.41) is 9.60. The van der Waals surface area contributed by atoms with Crippen molar-refractivity contribution in [2.75, 3.05) is 11.4 Å². The first-order valence-corrected chi connectivity index (χ1v) is 9.64. The molecule has 27 heavy (non-hydrogen) atoms. The van der Waals surface area contributed by atoms with Crippen molar-refractivity contribution < 1.29 is 14.3 Å². The number of halogens is 1. The van der Waals surface area contributed by atoms with Gasteiger partial charge < -0.3 is 14.6 Å². The van der Waals surface area contributed by atoms with Crippen molar-refractivity contribution in [1.82, 2.24) is 4.57 Å². The molecule has 1 unspecified atom stereocenters. The SMILES string of the molecule is O=C(O)c1cn(C2CC2)c2c3c(c(F)cc2c1=O)N1CCCC1CCC=C3. The lowest BCUT2D eigenvalue weighted by Crippen LogP contribution is -2.31. The van der Waals surface area contributed by atoms with E-state index in [0.29, 0.717) is 17.2 Å². The lowest BCUT2D eigenvalue weighted by Gasteiger charge is -2.31. The summed E-state index contributed by atoms with van der Waals surface area (Å²) in [6.45, 7) is 0.814. The fourth-order valence-corrected chi connectivity index (χ4v) is 4.67. The summed E-state index contributed by atoms with van der Waals surface area (Å²) in [5.41, 5.74) is 1.07. The fourth-order valence-electron chi connectivity index (χ4n) is 4.67. The Kier molecular flexibility index (Phi) is 3.64. The summed E-state index contributed by atoms with van der Waals surface area (Å²) in [6.07, 6.45) is 11.3. The predicted molar refractivity (Wildman–Crippen MR) is 102 cm³/mol. The zero-order valence-corrected chi connectivity index (χ0v) is 14.9. The van der Waals surface area contributed by atoms with E-state index >= 15 is 4.39 Å². The molecule has 0 bridgehead atoms. The second kappa shape index (κ2) is 5.94. The van der Waals surface area contributed by atoms with E-state index < -0.39 is 17.2 Å². The maximum absolute atomic E-state index is 15.2. The van der Waals surface area contributed by atoms with E-state index in [1.807, 2.05) is 10.6 Å². The Balaban J connectivity index is 1.90. The highest BCUT2D eigenvalue weighted by Crippen LogP contribution is 2.43. The van der Waals surface area contributed by atoms with Gasteiger partial charge in [-0.3, -0.25) is 4.79 Å². The van der Waals surface area contributed by atoms with Crippen molar-refractivity contribution in [2.45, 2.75) is 50.6 Å². The second-order valence-corrected chi connectivity index (χ2v) is 7.80. The van der Waals surface area contributed by atoms with Gasteiger partial charge in [-0.05, 0) is 44.6 Å². The highest BCUT2D eigenvalue weighted by atomic mass is 19.1. The zero-order valence-electron chi connectivity index (χ0n) is 14.9. The number of rotatable bonds is 2. The van der Waals surface area contributed by atoms with E-state index in [2.05, 4.69) is 11.0 Å². The van der Waals surface area contributed by atoms with Crippen molar-refractivity contribution in [3.63, 3.8) is 0 Å². The van der Waals surface area contributed by atoms with Gasteiger partial charge in [-0.2, -0.15) is 0 Å². The Morgan fingerprint density at radius 1 is 1.19 bits per heavy atom. The van der Waals surface area contributed by atoms with Gasteiger partial charge in [0.25, 0.3) is 0 Å². The summed E-state index contributed by atoms with van der Waals surface area (Å²) in [6, 6.07) is 1.75. The third-order valence-corrected chi connectivity index (χ3v) is 6.06. The van der Waals surface area contributed by atoms with Gasteiger partial charge in [0.2, 0.25) is 5.43 Å². The summed E-state index contributed by atoms with van der Waals surface area (Å²) in [4.78, 5) is 26.5. The van der Waals surface area contributed by atoms with Gasteiger partial charge in [0, 0.05) is 30.4 Å². The topological polar surface area (TPSA) is 62.5 Å². The molecule has 3 heterocycles. The summed E-state index contributed by atoms with van der Waals surface area (Å²) >= 11 is 0. The van der Waals surface area contributed by atoms with Gasteiger partial charge in [-0.1, -0.05) is 12.2 Å². The molecule has 1 saturated carbocycles. The smallest absolute Gasteiger partial charge is 0.341 e. The molecule has 2 aromatic rings. The van der Waals surface area contributed by atoms with E-state index in [-0.39, 0.29) is 17.0 Å². The molecule has 3 aliphatic rings. The first-order chi connectivity index (χ1) is 13.1. The monoisotopic (exact) mass is 368 g/mol. The number of carbonyl (C=O) groups is 1. The molecule has 1 aliphatic carbocycles. The number of allylic oxidation sites excluding steroid dienone is 1. The largest absolute Gasteiger partial charge is 0.477 e. The van der Waals surface area contributed by atoms with Gasteiger partial charge in [-0.15, -0.1) is 0 Å². The van der Waals surface area contributed by atoms with Crippen LogP contribution in [0.1, 0.15) is 60.5 Å². The molecule has 1 atom stereocenters. The molecule has 1 saturated heterocycles. The third-order valence-electron chi connectivity index (χ3n) is 6.06. The first-order valence-electron chi connectivity index (χ1n) is 9.64. The first kappa shape index (κ1) is 16.5. The molecule has 140 valence electrons. The van der Waals surface area contributed by atoms with Crippen LogP contribution in [0.15, 0.2) is 23.1 Å². The van der Waals surface area contributed by atoms with Crippen LogP contribution in [0.5, 0.6) is 0 Å². The van der Waals surface area contributed by atoms with Crippen LogP contribution >= 0.6 is 0 Å². The standard InChI is InChI=1S/C21H21FN2O3/c22-17-10-15-18(24(13-7-8-13)11-16(20(15)25)21(26)27)14-6-2-1-4-12-5-3-9-23(12)19(14)17/h2,6,10-13H,1,3-5,7-9H2,(H,26,27). The van der Waals surface area contributed by atoms with E-state index in [0.717, 1.165) is 50.6 Å². The molecule has 2 fully saturated rings. The van der Waals surface area contributed by atoms with E-state index in [1.165, 1.54) is 12.3 Å². The lowest BCUT2D eigenvalue weighted by atomic mass is 9.98. The molecule has 0 radical (unpaired) electrons. The number of anilines is 1. The number of fused-ring (bicyclic) bond motifs is 5. The van der Waals surface area contributed by atoms with Crippen molar-refractivity contribution in [2.24, 2.45) is 0 Å². The number of carboxylic acid groups (broad SMARTS) is 1. The number of benzene rings is 1. The van der Waals surface area contributed by atoms with E-state index in [1.54, 1.807) is 0 Å². The average molecular weight is 368 g/mol. The zero-order chi connectivity index (χ0) is 18.7. The number of aromatic nitrogens is 1. The lowest BCUT2D eigenvalue weighted by molar-refractivity contribution is 0.0695. The quantitative estimate of drug-likeness (QED) is 0.872. The minimum atomic E-state index is -1.27. The van der Waals surface area contributed by atoms with Crippen LogP contribution in [0.3, 0.4) is 0 Å². The Morgan fingerprint density at radius 2 is 2.00 bits per heavy atom. The Hall–Kier alpha value is -2.63. The molecule has 1 aromatic heterocycles. The van der Waals surface area contributed by atoms with Gasteiger partial charge in [0.15, 0.2) is 0 Å². The third kappa shape index (κ3) is 2.50. The number of hydrogen-bond acceptors (Lipinski definition) is 3. The minimum absolute atomic E-state index is 0.166.